The molecule has 0 saturated carbocycles. The molecule has 0 aliphatic heterocycles. The normalized spacial score (nSPS) is 12.2. The number of nitrogens with one attached hydrogen (secondary N) is 1. The second-order valence-electron chi connectivity index (χ2n) is 6.95. The number of rotatable bonds is 7. The Morgan fingerprint density at radius 3 is 2.19 bits per heavy atom. The minimum Gasteiger partial charge on any atom is -0.481 e. The molecule has 194 valence electrons. The van der Waals surface area contributed by atoms with Gasteiger partial charge in [-0.2, -0.15) is 26.3 Å². The minimum atomic E-state index is -5.08. The third-order valence-corrected chi connectivity index (χ3v) is 4.19. The summed E-state index contributed by atoms with van der Waals surface area (Å²) in [5, 5.41) is 20.3. The molecule has 3 N–H and O–H groups in total. The van der Waals surface area contributed by atoms with Crippen molar-refractivity contribution in [3.05, 3.63) is 72.3 Å². The summed E-state index contributed by atoms with van der Waals surface area (Å²) < 4.78 is 86.9. The molecule has 0 aliphatic carbocycles. The summed E-state index contributed by atoms with van der Waals surface area (Å²) in [7, 11) is 0. The molecule has 3 rings (SSSR count). The first-order chi connectivity index (χ1) is 16.8. The lowest BCUT2D eigenvalue weighted by Crippen LogP contribution is -2.21. The van der Waals surface area contributed by atoms with Crippen LogP contribution in [0.4, 0.5) is 36.6 Å². The SMILES string of the molecule is O=C(O)C(F)(F)F.O[C@@H](CNc1cc(-c2ccc(OCC(F)(F)F)c(F)c2)ncn1)c1ccccc1. The number of halogens is 7. The number of alkyl halides is 6. The summed E-state index contributed by atoms with van der Waals surface area (Å²) in [6, 6.07) is 14.2. The highest BCUT2D eigenvalue weighted by Crippen LogP contribution is 2.27. The lowest BCUT2D eigenvalue weighted by molar-refractivity contribution is -0.192. The summed E-state index contributed by atoms with van der Waals surface area (Å²) in [5.41, 5.74) is 1.44. The van der Waals surface area contributed by atoms with E-state index in [2.05, 4.69) is 20.0 Å². The topological polar surface area (TPSA) is 105 Å². The summed E-state index contributed by atoms with van der Waals surface area (Å²) in [5.74, 6) is -3.78. The number of aliphatic hydroxyl groups excluding tert-OH is 1. The zero-order chi connectivity index (χ0) is 26.9. The molecule has 0 radical (unpaired) electrons. The first-order valence-corrected chi connectivity index (χ1v) is 9.85. The van der Waals surface area contributed by atoms with Gasteiger partial charge in [0.1, 0.15) is 12.1 Å². The molecule has 14 heteroatoms. The molecule has 0 unspecified atom stereocenters. The van der Waals surface area contributed by atoms with Crippen molar-refractivity contribution < 1.29 is 50.5 Å². The van der Waals surface area contributed by atoms with Crippen molar-refractivity contribution in [2.75, 3.05) is 18.5 Å². The van der Waals surface area contributed by atoms with Crippen molar-refractivity contribution in [2.45, 2.75) is 18.5 Å². The fourth-order valence-corrected chi connectivity index (χ4v) is 2.54. The minimum absolute atomic E-state index is 0.193. The van der Waals surface area contributed by atoms with E-state index in [1.807, 2.05) is 18.2 Å². The number of ether oxygens (including phenoxy) is 1. The van der Waals surface area contributed by atoms with Crippen molar-refractivity contribution in [1.29, 1.82) is 0 Å². The molecule has 2 aromatic carbocycles. The summed E-state index contributed by atoms with van der Waals surface area (Å²) >= 11 is 0. The number of anilines is 1. The number of aliphatic carboxylic acids is 1. The van der Waals surface area contributed by atoms with E-state index in [1.54, 1.807) is 18.2 Å². The second-order valence-corrected chi connectivity index (χ2v) is 6.95. The van der Waals surface area contributed by atoms with Crippen molar-refractivity contribution in [3.63, 3.8) is 0 Å². The molecule has 3 aromatic rings. The van der Waals surface area contributed by atoms with Crippen LogP contribution in [0.25, 0.3) is 11.3 Å². The van der Waals surface area contributed by atoms with Gasteiger partial charge in [0.25, 0.3) is 0 Å². The third kappa shape index (κ3) is 9.37. The Labute approximate surface area is 199 Å². The molecule has 0 spiro atoms. The average molecular weight is 521 g/mol. The largest absolute Gasteiger partial charge is 0.490 e. The molecule has 0 aliphatic rings. The van der Waals surface area contributed by atoms with Gasteiger partial charge in [-0.3, -0.25) is 0 Å². The van der Waals surface area contributed by atoms with Crippen LogP contribution in [0.2, 0.25) is 0 Å². The Hall–Kier alpha value is -3.94. The Balaban J connectivity index is 0.000000572. The van der Waals surface area contributed by atoms with Crippen LogP contribution in [0.3, 0.4) is 0 Å². The van der Waals surface area contributed by atoms with Crippen LogP contribution in [0.1, 0.15) is 11.7 Å². The van der Waals surface area contributed by atoms with Crippen molar-refractivity contribution in [2.24, 2.45) is 0 Å². The van der Waals surface area contributed by atoms with E-state index in [9.17, 15) is 35.8 Å². The molecule has 1 heterocycles. The van der Waals surface area contributed by atoms with E-state index in [0.717, 1.165) is 17.7 Å². The maximum atomic E-state index is 14.1. The molecule has 7 nitrogen and oxygen atoms in total. The summed E-state index contributed by atoms with van der Waals surface area (Å²) in [6.45, 7) is -1.38. The number of carboxylic acids is 1. The molecule has 1 aromatic heterocycles. The van der Waals surface area contributed by atoms with Gasteiger partial charge in [0.2, 0.25) is 0 Å². The fraction of sp³-hybridized carbons (Fsp3) is 0.227. The number of hydrogen-bond acceptors (Lipinski definition) is 6. The molecule has 0 bridgehead atoms. The molecule has 0 amide bonds. The number of aromatic nitrogens is 2. The number of benzene rings is 2. The predicted molar refractivity (Wildman–Crippen MR) is 113 cm³/mol. The highest BCUT2D eigenvalue weighted by Gasteiger charge is 2.38. The Kier molecular flexibility index (Phi) is 9.55. The highest BCUT2D eigenvalue weighted by molar-refractivity contribution is 5.73. The van der Waals surface area contributed by atoms with Gasteiger partial charge in [0.05, 0.1) is 11.8 Å². The zero-order valence-corrected chi connectivity index (χ0v) is 18.0. The van der Waals surface area contributed by atoms with E-state index in [4.69, 9.17) is 9.90 Å². The van der Waals surface area contributed by atoms with E-state index in [1.165, 1.54) is 12.4 Å². The summed E-state index contributed by atoms with van der Waals surface area (Å²) in [4.78, 5) is 17.0. The first-order valence-electron chi connectivity index (χ1n) is 9.85. The number of carbonyl (C=O) groups is 1. The second kappa shape index (κ2) is 12.2. The predicted octanol–water partition coefficient (Wildman–Crippen LogP) is 5.00. The van der Waals surface area contributed by atoms with Gasteiger partial charge in [-0.1, -0.05) is 30.3 Å². The first kappa shape index (κ1) is 28.3. The number of aliphatic hydroxyl groups is 1. The smallest absolute Gasteiger partial charge is 0.481 e. The van der Waals surface area contributed by atoms with E-state index in [0.29, 0.717) is 17.1 Å². The van der Waals surface area contributed by atoms with Crippen molar-refractivity contribution in [3.8, 4) is 17.0 Å². The van der Waals surface area contributed by atoms with Crippen LogP contribution in [0.5, 0.6) is 5.75 Å². The van der Waals surface area contributed by atoms with Crippen LogP contribution in [-0.4, -0.2) is 51.7 Å². The molecule has 0 saturated heterocycles. The Morgan fingerprint density at radius 1 is 1.00 bits per heavy atom. The maximum absolute atomic E-state index is 14.1. The van der Waals surface area contributed by atoms with Gasteiger partial charge < -0.3 is 20.3 Å². The van der Waals surface area contributed by atoms with Gasteiger partial charge in [0.15, 0.2) is 18.2 Å². The van der Waals surface area contributed by atoms with Crippen molar-refractivity contribution >= 4 is 11.8 Å². The van der Waals surface area contributed by atoms with Crippen molar-refractivity contribution in [1.82, 2.24) is 9.97 Å². The molecule has 36 heavy (non-hydrogen) atoms. The van der Waals surface area contributed by atoms with Gasteiger partial charge in [-0.25, -0.2) is 19.2 Å². The molecule has 0 fully saturated rings. The number of nitrogens with zero attached hydrogens (tertiary/aromatic N) is 2. The Bertz CT molecular complexity index is 1140. The summed E-state index contributed by atoms with van der Waals surface area (Å²) in [6.07, 6.45) is -9.13. The molecule has 1 atom stereocenters. The zero-order valence-electron chi connectivity index (χ0n) is 18.0. The average Bonchev–Trinajstić information content (AvgIpc) is 2.81. The van der Waals surface area contributed by atoms with Crippen LogP contribution < -0.4 is 10.1 Å². The monoisotopic (exact) mass is 521 g/mol. The van der Waals surface area contributed by atoms with E-state index >= 15 is 0 Å². The third-order valence-electron chi connectivity index (χ3n) is 4.19. The van der Waals surface area contributed by atoms with Crippen LogP contribution >= 0.6 is 0 Å². The van der Waals surface area contributed by atoms with Gasteiger partial charge in [-0.15, -0.1) is 0 Å². The lowest BCUT2D eigenvalue weighted by atomic mass is 10.1. The lowest BCUT2D eigenvalue weighted by Gasteiger charge is -2.13. The Morgan fingerprint density at radius 2 is 1.64 bits per heavy atom. The maximum Gasteiger partial charge on any atom is 0.490 e. The van der Waals surface area contributed by atoms with Gasteiger partial charge in [-0.05, 0) is 23.8 Å². The van der Waals surface area contributed by atoms with Gasteiger partial charge in [0, 0.05) is 18.2 Å². The molecular weight excluding hydrogens is 503 g/mol. The van der Waals surface area contributed by atoms with Crippen LogP contribution in [0.15, 0.2) is 60.9 Å². The van der Waals surface area contributed by atoms with Gasteiger partial charge >= 0.3 is 18.3 Å². The van der Waals surface area contributed by atoms with Crippen LogP contribution in [-0.2, 0) is 4.79 Å². The van der Waals surface area contributed by atoms with Crippen LogP contribution in [0, 0.1) is 5.82 Å². The number of hydrogen-bond donors (Lipinski definition) is 3. The van der Waals surface area contributed by atoms with E-state index in [-0.39, 0.29) is 6.54 Å². The molecular formula is C22H18F7N3O4. The standard InChI is InChI=1S/C20H17F4N3O2.C2HF3O2/c21-15-8-14(6-7-18(15)29-11-20(22,23)24)16-9-19(27-12-26-16)25-10-17(28)13-4-2-1-3-5-13;3-2(4,5)1(6)7/h1-9,12,17,28H,10-11H2,(H,25,26,27);(H,6,7)/t17-;/m0./s1. The number of carboxylic acid groups (broad SMARTS) is 1. The van der Waals surface area contributed by atoms with E-state index < -0.39 is 42.6 Å². The fourth-order valence-electron chi connectivity index (χ4n) is 2.54. The quantitative estimate of drug-likeness (QED) is 0.376. The highest BCUT2D eigenvalue weighted by atomic mass is 19.4.